The van der Waals surface area contributed by atoms with Gasteiger partial charge >= 0.3 is 6.03 Å². The Morgan fingerprint density at radius 1 is 1.13 bits per heavy atom. The minimum absolute atomic E-state index is 0.0842. The number of benzene rings is 2. The minimum Gasteiger partial charge on any atom is -0.439 e. The van der Waals surface area contributed by atoms with Gasteiger partial charge in [-0.15, -0.1) is 0 Å². The molecule has 3 aromatic rings. The average molecular weight is 425 g/mol. The molecule has 1 aliphatic heterocycles. The van der Waals surface area contributed by atoms with E-state index >= 15 is 0 Å². The van der Waals surface area contributed by atoms with Crippen molar-refractivity contribution in [1.82, 2.24) is 19.7 Å². The number of carbonyl (C=O) groups is 2. The van der Waals surface area contributed by atoms with E-state index in [4.69, 9.17) is 4.42 Å². The molecule has 31 heavy (non-hydrogen) atoms. The van der Waals surface area contributed by atoms with Crippen molar-refractivity contribution < 1.29 is 18.4 Å². The largest absolute Gasteiger partial charge is 0.439 e. The van der Waals surface area contributed by atoms with Gasteiger partial charge < -0.3 is 19.5 Å². The molecule has 9 heteroatoms. The first-order valence-electron chi connectivity index (χ1n) is 10.0. The summed E-state index contributed by atoms with van der Waals surface area (Å²) in [5.74, 6) is 0.0976. The molecule has 4 rings (SSSR count). The Bertz CT molecular complexity index is 1110. The first-order valence-corrected chi connectivity index (χ1v) is 10.0. The number of oxazole rings is 1. The van der Waals surface area contributed by atoms with Crippen molar-refractivity contribution in [3.8, 4) is 0 Å². The summed E-state index contributed by atoms with van der Waals surface area (Å²) in [6.07, 6.45) is 0. The zero-order chi connectivity index (χ0) is 22.0. The van der Waals surface area contributed by atoms with Crippen LogP contribution in [0, 0.1) is 5.82 Å². The highest BCUT2D eigenvalue weighted by molar-refractivity contribution is 5.96. The van der Waals surface area contributed by atoms with Crippen molar-refractivity contribution in [3.05, 3.63) is 59.7 Å². The third-order valence-corrected chi connectivity index (χ3v) is 5.18. The fraction of sp³-hybridized carbons (Fsp3) is 0.318. The normalized spacial score (nSPS) is 14.6. The van der Waals surface area contributed by atoms with Gasteiger partial charge in [-0.3, -0.25) is 9.69 Å². The number of rotatable bonds is 4. The maximum atomic E-state index is 13.3. The van der Waals surface area contributed by atoms with Gasteiger partial charge in [-0.05, 0) is 36.4 Å². The van der Waals surface area contributed by atoms with Crippen molar-refractivity contribution >= 4 is 28.7 Å². The maximum absolute atomic E-state index is 13.3. The van der Waals surface area contributed by atoms with Gasteiger partial charge in [-0.1, -0.05) is 6.07 Å². The molecule has 0 unspecified atom stereocenters. The van der Waals surface area contributed by atoms with Crippen molar-refractivity contribution in [3.63, 3.8) is 0 Å². The lowest BCUT2D eigenvalue weighted by atomic mass is 10.2. The standard InChI is InChI=1S/C22H24FN5O3/c1-26(2)21(29)15-6-7-19-18(12-15)25-20(31-19)14-27-8-10-28(11-9-27)22(30)24-17-5-3-4-16(23)13-17/h3-7,12-13H,8-11,14H2,1-2H3,(H,24,30). The predicted molar refractivity (Wildman–Crippen MR) is 114 cm³/mol. The highest BCUT2D eigenvalue weighted by Crippen LogP contribution is 2.20. The molecule has 1 aromatic heterocycles. The lowest BCUT2D eigenvalue weighted by Gasteiger charge is -2.34. The second-order valence-electron chi connectivity index (χ2n) is 7.69. The van der Waals surface area contributed by atoms with Gasteiger partial charge in [-0.2, -0.15) is 0 Å². The second kappa shape index (κ2) is 8.73. The van der Waals surface area contributed by atoms with Crippen molar-refractivity contribution in [2.24, 2.45) is 0 Å². The molecule has 1 fully saturated rings. The topological polar surface area (TPSA) is 81.9 Å². The van der Waals surface area contributed by atoms with Gasteiger partial charge in [0.25, 0.3) is 5.91 Å². The smallest absolute Gasteiger partial charge is 0.321 e. The molecule has 0 radical (unpaired) electrons. The van der Waals surface area contributed by atoms with Crippen LogP contribution < -0.4 is 5.32 Å². The number of fused-ring (bicyclic) bond motifs is 1. The molecule has 1 aliphatic rings. The van der Waals surface area contributed by atoms with E-state index in [-0.39, 0.29) is 17.8 Å². The summed E-state index contributed by atoms with van der Waals surface area (Å²) in [5.41, 5.74) is 2.29. The number of aromatic nitrogens is 1. The van der Waals surface area contributed by atoms with E-state index < -0.39 is 0 Å². The Morgan fingerprint density at radius 3 is 2.61 bits per heavy atom. The number of halogens is 1. The van der Waals surface area contributed by atoms with E-state index in [0.29, 0.717) is 61.0 Å². The molecular weight excluding hydrogens is 401 g/mol. The molecule has 0 bridgehead atoms. The Morgan fingerprint density at radius 2 is 1.90 bits per heavy atom. The summed E-state index contributed by atoms with van der Waals surface area (Å²) < 4.78 is 19.1. The lowest BCUT2D eigenvalue weighted by Crippen LogP contribution is -2.49. The molecule has 0 atom stereocenters. The molecule has 1 N–H and O–H groups in total. The molecule has 8 nitrogen and oxygen atoms in total. The Kier molecular flexibility index (Phi) is 5.85. The number of amides is 3. The van der Waals surface area contributed by atoms with E-state index in [1.807, 2.05) is 0 Å². The summed E-state index contributed by atoms with van der Waals surface area (Å²) >= 11 is 0. The Hall–Kier alpha value is -3.46. The maximum Gasteiger partial charge on any atom is 0.321 e. The van der Waals surface area contributed by atoms with E-state index in [1.165, 1.54) is 17.0 Å². The molecule has 2 aromatic carbocycles. The quantitative estimate of drug-likeness (QED) is 0.695. The number of nitrogens with zero attached hydrogens (tertiary/aromatic N) is 4. The molecule has 0 spiro atoms. The predicted octanol–water partition coefficient (Wildman–Crippen LogP) is 3.02. The van der Waals surface area contributed by atoms with E-state index in [2.05, 4.69) is 15.2 Å². The lowest BCUT2D eigenvalue weighted by molar-refractivity contribution is 0.0827. The van der Waals surface area contributed by atoms with Crippen LogP contribution in [-0.4, -0.2) is 71.9 Å². The number of carbonyl (C=O) groups excluding carboxylic acids is 2. The van der Waals surface area contributed by atoms with Crippen LogP contribution in [0.1, 0.15) is 16.2 Å². The molecule has 0 saturated carbocycles. The van der Waals surface area contributed by atoms with E-state index in [1.54, 1.807) is 49.3 Å². The van der Waals surface area contributed by atoms with Crippen LogP contribution in [-0.2, 0) is 6.54 Å². The van der Waals surface area contributed by atoms with Gasteiger partial charge in [-0.25, -0.2) is 14.2 Å². The van der Waals surface area contributed by atoms with Gasteiger partial charge in [0.05, 0.1) is 6.54 Å². The number of anilines is 1. The average Bonchev–Trinajstić information content (AvgIpc) is 3.15. The monoisotopic (exact) mass is 425 g/mol. The van der Waals surface area contributed by atoms with Crippen molar-refractivity contribution in [2.75, 3.05) is 45.6 Å². The molecular formula is C22H24FN5O3. The summed E-state index contributed by atoms with van der Waals surface area (Å²) in [6.45, 7) is 2.94. The number of nitrogens with one attached hydrogen (secondary N) is 1. The van der Waals surface area contributed by atoms with Gasteiger partial charge in [0.2, 0.25) is 5.89 Å². The van der Waals surface area contributed by atoms with Gasteiger partial charge in [0.15, 0.2) is 5.58 Å². The van der Waals surface area contributed by atoms with Gasteiger partial charge in [0.1, 0.15) is 11.3 Å². The molecule has 162 valence electrons. The number of hydrogen-bond donors (Lipinski definition) is 1. The first-order chi connectivity index (χ1) is 14.9. The van der Waals surface area contributed by atoms with Crippen molar-refractivity contribution in [1.29, 1.82) is 0 Å². The molecule has 3 amide bonds. The fourth-order valence-corrected chi connectivity index (χ4v) is 3.50. The number of hydrogen-bond acceptors (Lipinski definition) is 5. The van der Waals surface area contributed by atoms with Crippen LogP contribution in [0.25, 0.3) is 11.1 Å². The minimum atomic E-state index is -0.390. The third-order valence-electron chi connectivity index (χ3n) is 5.18. The van der Waals surface area contributed by atoms with Crippen LogP contribution in [0.4, 0.5) is 14.9 Å². The summed E-state index contributed by atoms with van der Waals surface area (Å²) in [6, 6.07) is 10.8. The SMILES string of the molecule is CN(C)C(=O)c1ccc2oc(CN3CCN(C(=O)Nc4cccc(F)c4)CC3)nc2c1. The fourth-order valence-electron chi connectivity index (χ4n) is 3.50. The van der Waals surface area contributed by atoms with E-state index in [9.17, 15) is 14.0 Å². The Labute approximate surface area is 179 Å². The highest BCUT2D eigenvalue weighted by Gasteiger charge is 2.23. The summed E-state index contributed by atoms with van der Waals surface area (Å²) in [4.78, 5) is 34.4. The second-order valence-corrected chi connectivity index (χ2v) is 7.69. The van der Waals surface area contributed by atoms with E-state index in [0.717, 1.165) is 0 Å². The molecule has 0 aliphatic carbocycles. The summed E-state index contributed by atoms with van der Waals surface area (Å²) in [7, 11) is 3.41. The van der Waals surface area contributed by atoms with Crippen LogP contribution in [0.2, 0.25) is 0 Å². The van der Waals surface area contributed by atoms with Crippen LogP contribution in [0.15, 0.2) is 46.9 Å². The van der Waals surface area contributed by atoms with Crippen LogP contribution in [0.5, 0.6) is 0 Å². The zero-order valence-electron chi connectivity index (χ0n) is 17.5. The molecule has 2 heterocycles. The van der Waals surface area contributed by atoms with Crippen LogP contribution in [0.3, 0.4) is 0 Å². The summed E-state index contributed by atoms with van der Waals surface area (Å²) in [5, 5.41) is 2.72. The highest BCUT2D eigenvalue weighted by atomic mass is 19.1. The van der Waals surface area contributed by atoms with Crippen molar-refractivity contribution in [2.45, 2.75) is 6.54 Å². The number of piperazine rings is 1. The molecule has 1 saturated heterocycles. The number of urea groups is 1. The first kappa shape index (κ1) is 20.8. The Balaban J connectivity index is 1.33. The van der Waals surface area contributed by atoms with Crippen LogP contribution >= 0.6 is 0 Å². The van der Waals surface area contributed by atoms with Gasteiger partial charge in [0, 0.05) is 51.5 Å². The third kappa shape index (κ3) is 4.83. The zero-order valence-corrected chi connectivity index (χ0v) is 17.5.